The quantitative estimate of drug-likeness (QED) is 0.157. The molecule has 0 bridgehead atoms. The second-order valence-corrected chi connectivity index (χ2v) is 33.9. The zero-order chi connectivity index (χ0) is 80.2. The molecule has 570 valence electrons. The summed E-state index contributed by atoms with van der Waals surface area (Å²) < 4.78 is 66.2. The third-order valence-electron chi connectivity index (χ3n) is 27.6. The minimum absolute atomic E-state index is 0.0352. The van der Waals surface area contributed by atoms with Crippen molar-refractivity contribution >= 4 is 180 Å². The molecule has 0 amide bonds. The van der Waals surface area contributed by atoms with E-state index in [0.717, 1.165) is 279 Å². The number of hydrogen-bond donors (Lipinski definition) is 0. The van der Waals surface area contributed by atoms with Gasteiger partial charge in [0.1, 0.15) is 92.0 Å². The van der Waals surface area contributed by atoms with Gasteiger partial charge in [-0.05, 0) is 158 Å². The van der Waals surface area contributed by atoms with E-state index >= 15 is 0 Å². The number of aromatic nitrogens is 4. The van der Waals surface area contributed by atoms with E-state index in [-0.39, 0.29) is 26.9 Å². The molecule has 18 aromatic carbocycles. The summed E-state index contributed by atoms with van der Waals surface area (Å²) in [4.78, 5) is 0. The molecule has 12 heterocycles. The van der Waals surface area contributed by atoms with Crippen LogP contribution in [0.3, 0.4) is 0 Å². The smallest absolute Gasteiger partial charge is 0.260 e. The number of para-hydroxylation sites is 10. The van der Waals surface area contributed by atoms with Gasteiger partial charge in [-0.15, -0.1) is 0 Å². The Balaban J connectivity index is 0.578. The van der Waals surface area contributed by atoms with E-state index in [0.29, 0.717) is 0 Å². The number of benzene rings is 18. The zero-order valence-corrected chi connectivity index (χ0v) is 65.9. The monoisotopic (exact) mass is 1580 g/mol. The van der Waals surface area contributed by atoms with Crippen molar-refractivity contribution in [2.75, 3.05) is 0 Å². The van der Waals surface area contributed by atoms with E-state index in [1.807, 2.05) is 0 Å². The first kappa shape index (κ1) is 65.7. The standard InChI is InChI=1S/C108H58B4N4O8/c1-11-31-81-65(21-1)69-55-70-68-45-59(41-43-84(68)116(64-53-101-107-102(54-64)122-94-39-19-9-29-78(94)111(107)77-28-8-18-38-93(77)121-101)88(70)58-87(69)115(81)63-51-99-106-100(52-63)120-92-37-17-7-27-76(92)110(106)75-26-6-16-36-91(75)119-99)60-42-44-96-80(46-60)112-79-30-10-20-40-95(79)123-103-49-62(50-104(124-96)108(103)112)114-83-33-13-3-23-67(83)72-56-85-71(57-86(72)114)66-22-2-12-32-82(66)113(85)61-47-97-105-98(48-61)118-90-35-15-5-25-74(90)109(105)73-24-4-14-34-89(73)117-97/h1-58H. The number of nitrogens with zero attached hydrogens (tertiary/aromatic N) is 4. The van der Waals surface area contributed by atoms with E-state index in [1.54, 1.807) is 0 Å². The summed E-state index contributed by atoms with van der Waals surface area (Å²) in [5, 5.41) is 8.86. The molecule has 0 saturated heterocycles. The van der Waals surface area contributed by atoms with Gasteiger partial charge in [0.2, 0.25) is 0 Å². The lowest BCUT2D eigenvalue weighted by Gasteiger charge is -2.33. The Morgan fingerprint density at radius 2 is 0.371 bits per heavy atom. The SMILES string of the molecule is c1ccc2c(c1)Oc1cc(-n3c4ccccc4c4cc5c(cc43)c3ccccc3n5-c3cc4c5c(c3)Oc3ccc(-c6ccc7c(c6)c6cc8c9ccccc9n(-c9cc%10c%11c(c9)Oc9ccccc9B%11c9ccccc9O%10)c8cc6n7-c6cc7c8c(c6)Oc6ccccc6B8c6ccccc6O7)cc3B5c3ccccc3O4)cc3c1B2c1ccccc1O3. The zero-order valence-electron chi connectivity index (χ0n) is 65.9. The molecular formula is C108H58B4N4O8. The minimum Gasteiger partial charge on any atom is -0.458 e. The van der Waals surface area contributed by atoms with Gasteiger partial charge in [-0.25, -0.2) is 0 Å². The molecule has 22 aromatic rings. The summed E-state index contributed by atoms with van der Waals surface area (Å²) in [6.45, 7) is -0.420. The average molecular weight is 1580 g/mol. The van der Waals surface area contributed by atoms with Crippen LogP contribution in [0.15, 0.2) is 352 Å². The normalized spacial score (nSPS) is 13.8. The molecule has 0 fully saturated rings. The minimum atomic E-state index is -0.231. The third kappa shape index (κ3) is 8.78. The van der Waals surface area contributed by atoms with Gasteiger partial charge in [0.05, 0.1) is 66.9 Å². The van der Waals surface area contributed by atoms with Crippen LogP contribution in [0, 0.1) is 0 Å². The Bertz CT molecular complexity index is 8510. The lowest BCUT2D eigenvalue weighted by Crippen LogP contribution is -2.57. The largest absolute Gasteiger partial charge is 0.458 e. The van der Waals surface area contributed by atoms with Crippen LogP contribution in [0.4, 0.5) is 0 Å². The van der Waals surface area contributed by atoms with Crippen molar-refractivity contribution < 1.29 is 37.9 Å². The van der Waals surface area contributed by atoms with Crippen molar-refractivity contribution in [3.8, 4) is 126 Å². The van der Waals surface area contributed by atoms with E-state index in [9.17, 15) is 0 Å². The Hall–Kier alpha value is -16.2. The van der Waals surface area contributed by atoms with Crippen LogP contribution in [0.25, 0.3) is 121 Å². The van der Waals surface area contributed by atoms with Crippen molar-refractivity contribution in [2.45, 2.75) is 0 Å². The fraction of sp³-hybridized carbons (Fsp3) is 0. The van der Waals surface area contributed by atoms with E-state index in [1.165, 1.54) is 0 Å². The molecule has 0 aliphatic carbocycles. The van der Waals surface area contributed by atoms with Crippen LogP contribution in [-0.4, -0.2) is 45.1 Å². The fourth-order valence-electron chi connectivity index (χ4n) is 22.5. The van der Waals surface area contributed by atoms with Crippen LogP contribution < -0.4 is 103 Å². The van der Waals surface area contributed by atoms with Crippen LogP contribution in [0.2, 0.25) is 0 Å². The van der Waals surface area contributed by atoms with Gasteiger partial charge in [-0.2, -0.15) is 0 Å². The van der Waals surface area contributed by atoms with E-state index in [4.69, 9.17) is 37.9 Å². The van der Waals surface area contributed by atoms with Crippen molar-refractivity contribution in [1.29, 1.82) is 0 Å². The Morgan fingerprint density at radius 1 is 0.145 bits per heavy atom. The van der Waals surface area contributed by atoms with Gasteiger partial charge in [0.25, 0.3) is 26.9 Å². The summed E-state index contributed by atoms with van der Waals surface area (Å²) in [5.74, 6) is 12.8. The van der Waals surface area contributed by atoms with E-state index in [2.05, 4.69) is 370 Å². The number of ether oxygens (including phenoxy) is 8. The first-order valence-electron chi connectivity index (χ1n) is 42.3. The number of fused-ring (bicyclic) bond motifs is 28. The van der Waals surface area contributed by atoms with Gasteiger partial charge >= 0.3 is 0 Å². The second kappa shape index (κ2) is 23.9. The van der Waals surface area contributed by atoms with Gasteiger partial charge in [-0.1, -0.05) is 200 Å². The maximum absolute atomic E-state index is 7.40. The molecular weight excluding hydrogens is 1520 g/mol. The Morgan fingerprint density at radius 3 is 0.694 bits per heavy atom. The average Bonchev–Trinajstić information content (AvgIpc) is 1.37. The lowest BCUT2D eigenvalue weighted by atomic mass is 9.34. The molecule has 124 heavy (non-hydrogen) atoms. The maximum atomic E-state index is 7.40. The van der Waals surface area contributed by atoms with Crippen molar-refractivity contribution in [2.24, 2.45) is 0 Å². The van der Waals surface area contributed by atoms with Crippen LogP contribution >= 0.6 is 0 Å². The second-order valence-electron chi connectivity index (χ2n) is 33.9. The highest BCUT2D eigenvalue weighted by Crippen LogP contribution is 2.50. The van der Waals surface area contributed by atoms with Crippen molar-refractivity contribution in [3.05, 3.63) is 352 Å². The molecule has 0 N–H and O–H groups in total. The summed E-state index contributed by atoms with van der Waals surface area (Å²) in [5.41, 5.74) is 27.1. The summed E-state index contributed by atoms with van der Waals surface area (Å²) in [6, 6.07) is 126. The predicted molar refractivity (Wildman–Crippen MR) is 500 cm³/mol. The molecule has 12 nitrogen and oxygen atoms in total. The van der Waals surface area contributed by atoms with E-state index < -0.39 is 0 Å². The molecule has 8 aliphatic rings. The first-order valence-corrected chi connectivity index (χ1v) is 42.3. The van der Waals surface area contributed by atoms with Gasteiger partial charge < -0.3 is 56.2 Å². The first-order chi connectivity index (χ1) is 61.4. The van der Waals surface area contributed by atoms with Crippen LogP contribution in [0.5, 0.6) is 92.0 Å². The molecule has 0 saturated carbocycles. The lowest BCUT2D eigenvalue weighted by molar-refractivity contribution is 0.463. The van der Waals surface area contributed by atoms with Crippen LogP contribution in [-0.2, 0) is 0 Å². The van der Waals surface area contributed by atoms with Gasteiger partial charge in [0, 0.05) is 113 Å². The predicted octanol–water partition coefficient (Wildman–Crippen LogP) is 18.7. The highest BCUT2D eigenvalue weighted by molar-refractivity contribution is 7.00. The molecule has 30 rings (SSSR count). The molecule has 0 atom stereocenters. The summed E-state index contributed by atoms with van der Waals surface area (Å²) in [6.07, 6.45) is 0. The molecule has 4 aromatic heterocycles. The van der Waals surface area contributed by atoms with Gasteiger partial charge in [0.15, 0.2) is 0 Å². The summed E-state index contributed by atoms with van der Waals surface area (Å²) in [7, 11) is 0. The molecule has 0 unspecified atom stereocenters. The van der Waals surface area contributed by atoms with Gasteiger partial charge in [-0.3, -0.25) is 0 Å². The summed E-state index contributed by atoms with van der Waals surface area (Å²) >= 11 is 0. The number of hydrogen-bond acceptors (Lipinski definition) is 8. The maximum Gasteiger partial charge on any atom is 0.260 e. The van der Waals surface area contributed by atoms with Crippen LogP contribution in [0.1, 0.15) is 0 Å². The van der Waals surface area contributed by atoms with Crippen molar-refractivity contribution in [3.63, 3.8) is 0 Å². The third-order valence-corrected chi connectivity index (χ3v) is 27.6. The topological polar surface area (TPSA) is 93.6 Å². The Labute approximate surface area is 708 Å². The van der Waals surface area contributed by atoms with Crippen molar-refractivity contribution in [1.82, 2.24) is 18.3 Å². The highest BCUT2D eigenvalue weighted by atomic mass is 16.5. The molecule has 8 aliphatic heterocycles. The Kier molecular flexibility index (Phi) is 12.7. The molecule has 0 spiro atoms. The molecule has 0 radical (unpaired) electrons. The highest BCUT2D eigenvalue weighted by Gasteiger charge is 2.46. The fourth-order valence-corrected chi connectivity index (χ4v) is 22.5. The molecule has 16 heteroatoms. The number of rotatable bonds is 5.